The number of amides is 2. The molecule has 0 spiro atoms. The van der Waals surface area contributed by atoms with E-state index < -0.39 is 0 Å². The summed E-state index contributed by atoms with van der Waals surface area (Å²) in [6.45, 7) is 11.4. The highest BCUT2D eigenvalue weighted by Crippen LogP contribution is 2.37. The van der Waals surface area contributed by atoms with Gasteiger partial charge in [-0.1, -0.05) is 69.3 Å². The second-order valence-electron chi connectivity index (χ2n) is 10.4. The van der Waals surface area contributed by atoms with Crippen LogP contribution in [-0.4, -0.2) is 67.5 Å². The zero-order chi connectivity index (χ0) is 25.5. The van der Waals surface area contributed by atoms with Gasteiger partial charge in [-0.05, 0) is 41.5 Å². The van der Waals surface area contributed by atoms with Crippen LogP contribution in [-0.2, 0) is 15.0 Å². The molecule has 2 heterocycles. The molecule has 36 heavy (non-hydrogen) atoms. The molecule has 6 heteroatoms. The molecule has 0 atom stereocenters. The predicted molar refractivity (Wildman–Crippen MR) is 145 cm³/mol. The molecular formula is C30H39N3O3. The third-order valence-corrected chi connectivity index (χ3v) is 7.54. The van der Waals surface area contributed by atoms with Gasteiger partial charge in [0.15, 0.2) is 6.61 Å². The van der Waals surface area contributed by atoms with Gasteiger partial charge in [0.25, 0.3) is 5.91 Å². The molecule has 6 nitrogen and oxygen atoms in total. The van der Waals surface area contributed by atoms with Crippen LogP contribution < -0.4 is 9.64 Å². The fourth-order valence-corrected chi connectivity index (χ4v) is 4.70. The van der Waals surface area contributed by atoms with E-state index in [4.69, 9.17) is 4.74 Å². The summed E-state index contributed by atoms with van der Waals surface area (Å²) in [7, 11) is 0. The summed E-state index contributed by atoms with van der Waals surface area (Å²) in [5.74, 6) is 0.879. The summed E-state index contributed by atoms with van der Waals surface area (Å²) in [5, 5.41) is 0. The number of ether oxygens (including phenoxy) is 1. The molecule has 4 rings (SSSR count). The molecule has 2 aromatic rings. The Balaban J connectivity index is 1.25. The topological polar surface area (TPSA) is 53.1 Å². The number of nitrogens with zero attached hydrogens (tertiary/aromatic N) is 3. The average Bonchev–Trinajstić information content (AvgIpc) is 2.90. The molecular weight excluding hydrogens is 450 g/mol. The predicted octanol–water partition coefficient (Wildman–Crippen LogP) is 4.74. The van der Waals surface area contributed by atoms with Crippen molar-refractivity contribution in [2.45, 2.75) is 45.4 Å². The van der Waals surface area contributed by atoms with Crippen molar-refractivity contribution in [3.05, 3.63) is 65.7 Å². The van der Waals surface area contributed by atoms with Gasteiger partial charge in [0.2, 0.25) is 5.91 Å². The summed E-state index contributed by atoms with van der Waals surface area (Å²) in [6.07, 6.45) is 6.44. The quantitative estimate of drug-likeness (QED) is 0.511. The van der Waals surface area contributed by atoms with E-state index >= 15 is 0 Å². The number of carbonyl (C=O) groups excluding carboxylic acids is 2. The summed E-state index contributed by atoms with van der Waals surface area (Å²) in [6, 6.07) is 16.5. The highest BCUT2D eigenvalue weighted by Gasteiger charge is 2.28. The van der Waals surface area contributed by atoms with Gasteiger partial charge in [-0.2, -0.15) is 0 Å². The van der Waals surface area contributed by atoms with Crippen LogP contribution in [0.2, 0.25) is 0 Å². The van der Waals surface area contributed by atoms with E-state index in [1.807, 2.05) is 29.2 Å². The number of fused-ring (bicyclic) bond motifs is 1. The van der Waals surface area contributed by atoms with Crippen molar-refractivity contribution < 1.29 is 14.3 Å². The second-order valence-corrected chi connectivity index (χ2v) is 10.4. The summed E-state index contributed by atoms with van der Waals surface area (Å²) in [4.78, 5) is 31.7. The number of hydrogen-bond acceptors (Lipinski definition) is 4. The Labute approximate surface area is 215 Å². The van der Waals surface area contributed by atoms with E-state index in [0.29, 0.717) is 19.4 Å². The molecule has 0 aromatic heterocycles. The molecule has 0 aliphatic carbocycles. The second kappa shape index (κ2) is 11.7. The van der Waals surface area contributed by atoms with E-state index in [0.717, 1.165) is 50.6 Å². The van der Waals surface area contributed by atoms with E-state index in [2.05, 4.69) is 62.1 Å². The number of carbonyl (C=O) groups is 2. The minimum absolute atomic E-state index is 0.0244. The van der Waals surface area contributed by atoms with Crippen molar-refractivity contribution in [1.29, 1.82) is 0 Å². The van der Waals surface area contributed by atoms with Crippen LogP contribution in [0.5, 0.6) is 5.75 Å². The molecule has 1 saturated heterocycles. The third-order valence-electron chi connectivity index (χ3n) is 7.54. The molecule has 2 aliphatic heterocycles. The van der Waals surface area contributed by atoms with Crippen molar-refractivity contribution in [2.24, 2.45) is 0 Å². The zero-order valence-electron chi connectivity index (χ0n) is 21.9. The molecule has 0 saturated carbocycles. The Kier molecular flexibility index (Phi) is 8.47. The minimum Gasteiger partial charge on any atom is -0.482 e. The Hall–Kier alpha value is -3.12. The van der Waals surface area contributed by atoms with Gasteiger partial charge in [0.05, 0.1) is 5.69 Å². The maximum atomic E-state index is 12.9. The molecule has 192 valence electrons. The lowest BCUT2D eigenvalue weighted by molar-refractivity contribution is -0.133. The van der Waals surface area contributed by atoms with Crippen molar-refractivity contribution in [3.63, 3.8) is 0 Å². The maximum Gasteiger partial charge on any atom is 0.265 e. The van der Waals surface area contributed by atoms with Crippen molar-refractivity contribution in [1.82, 2.24) is 9.80 Å². The van der Waals surface area contributed by atoms with Crippen molar-refractivity contribution in [2.75, 3.05) is 50.8 Å². The van der Waals surface area contributed by atoms with Crippen molar-refractivity contribution >= 4 is 23.6 Å². The van der Waals surface area contributed by atoms with Gasteiger partial charge in [0, 0.05) is 45.7 Å². The van der Waals surface area contributed by atoms with E-state index in [-0.39, 0.29) is 23.8 Å². The van der Waals surface area contributed by atoms with Gasteiger partial charge in [0.1, 0.15) is 5.75 Å². The number of anilines is 1. The van der Waals surface area contributed by atoms with E-state index in [1.165, 1.54) is 11.1 Å². The number of hydrogen-bond donors (Lipinski definition) is 0. The number of rotatable bonds is 9. The Bertz CT molecular complexity index is 1070. The van der Waals surface area contributed by atoms with Gasteiger partial charge in [-0.15, -0.1) is 0 Å². The molecule has 0 bridgehead atoms. The van der Waals surface area contributed by atoms with E-state index in [9.17, 15) is 9.59 Å². The largest absolute Gasteiger partial charge is 0.482 e. The summed E-state index contributed by atoms with van der Waals surface area (Å²) >= 11 is 0. The lowest BCUT2D eigenvalue weighted by Gasteiger charge is -2.34. The first-order valence-corrected chi connectivity index (χ1v) is 13.2. The highest BCUT2D eigenvalue weighted by molar-refractivity contribution is 5.98. The Morgan fingerprint density at radius 2 is 1.81 bits per heavy atom. The summed E-state index contributed by atoms with van der Waals surface area (Å²) < 4.78 is 5.68. The summed E-state index contributed by atoms with van der Waals surface area (Å²) in [5.41, 5.74) is 3.25. The highest BCUT2D eigenvalue weighted by atomic mass is 16.5. The Morgan fingerprint density at radius 1 is 1.06 bits per heavy atom. The van der Waals surface area contributed by atoms with Crippen LogP contribution in [0.15, 0.2) is 54.6 Å². The molecule has 0 radical (unpaired) electrons. The molecule has 0 N–H and O–H groups in total. The fraction of sp³-hybridized carbons (Fsp3) is 0.467. The molecule has 2 amide bonds. The van der Waals surface area contributed by atoms with Crippen LogP contribution in [0.4, 0.5) is 5.69 Å². The molecule has 2 aromatic carbocycles. The monoisotopic (exact) mass is 489 g/mol. The Morgan fingerprint density at radius 3 is 2.53 bits per heavy atom. The third kappa shape index (κ3) is 6.35. The lowest BCUT2D eigenvalue weighted by atomic mass is 9.82. The standard InChI is InChI=1S/C30H39N3O3/c1-4-30(2,3)25-14-15-27-26(22-25)33(29(35)23-36-27)17-9-13-28(34)32-20-18-31(19-21-32)16-8-12-24-10-6-5-7-11-24/h5-8,10-12,14-15,22H,4,9,13,16-21,23H2,1-3H3. The lowest BCUT2D eigenvalue weighted by Crippen LogP contribution is -2.48. The molecule has 2 aliphatic rings. The first-order chi connectivity index (χ1) is 17.4. The van der Waals surface area contributed by atoms with Gasteiger partial charge >= 0.3 is 0 Å². The van der Waals surface area contributed by atoms with Crippen LogP contribution in [0.25, 0.3) is 6.08 Å². The van der Waals surface area contributed by atoms with Gasteiger partial charge in [-0.25, -0.2) is 0 Å². The number of benzene rings is 2. The molecule has 1 fully saturated rings. The minimum atomic E-state index is -0.0430. The van der Waals surface area contributed by atoms with Crippen LogP contribution in [0, 0.1) is 0 Å². The number of piperazine rings is 1. The van der Waals surface area contributed by atoms with Crippen LogP contribution in [0.1, 0.15) is 51.2 Å². The van der Waals surface area contributed by atoms with Crippen LogP contribution in [0.3, 0.4) is 0 Å². The van der Waals surface area contributed by atoms with Gasteiger partial charge < -0.3 is 14.5 Å². The van der Waals surface area contributed by atoms with Crippen LogP contribution >= 0.6 is 0 Å². The maximum absolute atomic E-state index is 12.9. The van der Waals surface area contributed by atoms with E-state index in [1.54, 1.807) is 4.90 Å². The zero-order valence-corrected chi connectivity index (χ0v) is 21.9. The average molecular weight is 490 g/mol. The normalized spacial score (nSPS) is 16.8. The van der Waals surface area contributed by atoms with Crippen molar-refractivity contribution in [3.8, 4) is 5.75 Å². The first kappa shape index (κ1) is 26.0. The SMILES string of the molecule is CCC(C)(C)c1ccc2c(c1)N(CCCC(=O)N1CCN(CC=Cc3ccccc3)CC1)C(=O)CO2. The van der Waals surface area contributed by atoms with Gasteiger partial charge in [-0.3, -0.25) is 14.5 Å². The molecule has 0 unspecified atom stereocenters. The first-order valence-electron chi connectivity index (χ1n) is 13.2. The fourth-order valence-electron chi connectivity index (χ4n) is 4.70. The smallest absolute Gasteiger partial charge is 0.265 e.